The van der Waals surface area contributed by atoms with Crippen LogP contribution in [-0.2, 0) is 20.7 Å². The van der Waals surface area contributed by atoms with Crippen LogP contribution in [0.15, 0.2) is 24.3 Å². The second-order valence-corrected chi connectivity index (χ2v) is 4.90. The number of carboxylic acids is 1. The number of halogens is 1. The summed E-state index contributed by atoms with van der Waals surface area (Å²) in [5, 5.41) is 9.84. The maximum absolute atomic E-state index is 11.5. The fourth-order valence-corrected chi connectivity index (χ4v) is 2.25. The molecular weight excluding hydrogens is 270 g/mol. The van der Waals surface area contributed by atoms with E-state index in [1.807, 2.05) is 12.1 Å². The molecule has 0 bridgehead atoms. The summed E-state index contributed by atoms with van der Waals surface area (Å²) in [6.07, 6.45) is -0.132. The van der Waals surface area contributed by atoms with E-state index in [2.05, 4.69) is 0 Å². The van der Waals surface area contributed by atoms with Gasteiger partial charge in [0.25, 0.3) is 0 Å². The summed E-state index contributed by atoms with van der Waals surface area (Å²) in [5.74, 6) is -1.38. The molecular formula is C13H14ClNO4. The molecule has 1 aliphatic rings. The van der Waals surface area contributed by atoms with Crippen molar-refractivity contribution in [2.45, 2.75) is 18.6 Å². The van der Waals surface area contributed by atoms with E-state index < -0.39 is 18.1 Å². The largest absolute Gasteiger partial charge is 0.480 e. The van der Waals surface area contributed by atoms with Crippen LogP contribution in [0.1, 0.15) is 5.56 Å². The molecule has 1 aliphatic heterocycles. The first kappa shape index (κ1) is 13.8. The molecule has 2 unspecified atom stereocenters. The topological polar surface area (TPSA) is 66.8 Å². The van der Waals surface area contributed by atoms with Crippen molar-refractivity contribution in [3.63, 3.8) is 0 Å². The van der Waals surface area contributed by atoms with E-state index in [-0.39, 0.29) is 12.5 Å². The van der Waals surface area contributed by atoms with Crippen LogP contribution in [0.2, 0.25) is 5.02 Å². The van der Waals surface area contributed by atoms with E-state index in [4.69, 9.17) is 16.3 Å². The summed E-state index contributed by atoms with van der Waals surface area (Å²) in [7, 11) is 1.48. The Morgan fingerprint density at radius 1 is 1.47 bits per heavy atom. The SMILES string of the molecule is CN1C(=O)COC(Cc2ccc(Cl)cc2)C1C(=O)O. The van der Waals surface area contributed by atoms with E-state index in [0.717, 1.165) is 5.56 Å². The lowest BCUT2D eigenvalue weighted by Crippen LogP contribution is -2.57. The highest BCUT2D eigenvalue weighted by atomic mass is 35.5. The first-order chi connectivity index (χ1) is 8.99. The van der Waals surface area contributed by atoms with Crippen molar-refractivity contribution in [3.05, 3.63) is 34.9 Å². The molecule has 0 aliphatic carbocycles. The Bertz CT molecular complexity index is 488. The third kappa shape index (κ3) is 3.05. The molecule has 102 valence electrons. The Hall–Kier alpha value is -1.59. The van der Waals surface area contributed by atoms with Gasteiger partial charge >= 0.3 is 5.97 Å². The molecule has 1 heterocycles. The maximum Gasteiger partial charge on any atom is 0.329 e. The Labute approximate surface area is 115 Å². The van der Waals surface area contributed by atoms with Gasteiger partial charge in [0.1, 0.15) is 6.61 Å². The van der Waals surface area contributed by atoms with Gasteiger partial charge < -0.3 is 14.7 Å². The van der Waals surface area contributed by atoms with E-state index in [1.54, 1.807) is 12.1 Å². The highest BCUT2D eigenvalue weighted by molar-refractivity contribution is 6.30. The number of carbonyl (C=O) groups is 2. The second-order valence-electron chi connectivity index (χ2n) is 4.47. The number of morpholine rings is 1. The fraction of sp³-hybridized carbons (Fsp3) is 0.385. The number of nitrogens with zero attached hydrogens (tertiary/aromatic N) is 1. The van der Waals surface area contributed by atoms with Crippen molar-refractivity contribution in [1.82, 2.24) is 4.90 Å². The number of carboxylic acid groups (broad SMARTS) is 1. The van der Waals surface area contributed by atoms with Crippen molar-refractivity contribution in [2.24, 2.45) is 0 Å². The third-order valence-electron chi connectivity index (χ3n) is 3.19. The Kier molecular flexibility index (Phi) is 4.07. The monoisotopic (exact) mass is 283 g/mol. The second kappa shape index (κ2) is 5.59. The molecule has 1 aromatic rings. The fourth-order valence-electron chi connectivity index (χ4n) is 2.12. The number of ether oxygens (including phenoxy) is 1. The molecule has 1 fully saturated rings. The minimum absolute atomic E-state index is 0.0848. The lowest BCUT2D eigenvalue weighted by Gasteiger charge is -2.36. The van der Waals surface area contributed by atoms with Gasteiger partial charge in [-0.1, -0.05) is 23.7 Å². The molecule has 0 aromatic heterocycles. The van der Waals surface area contributed by atoms with Crippen molar-refractivity contribution in [3.8, 4) is 0 Å². The zero-order chi connectivity index (χ0) is 14.0. The number of aliphatic carboxylic acids is 1. The number of likely N-dealkylation sites (N-methyl/N-ethyl adjacent to an activating group) is 1. The van der Waals surface area contributed by atoms with Crippen LogP contribution in [0.25, 0.3) is 0 Å². The Morgan fingerprint density at radius 3 is 2.68 bits per heavy atom. The normalized spacial score (nSPS) is 23.5. The summed E-state index contributed by atoms with van der Waals surface area (Å²) in [6.45, 7) is -0.0848. The van der Waals surface area contributed by atoms with Crippen molar-refractivity contribution in [2.75, 3.05) is 13.7 Å². The van der Waals surface area contributed by atoms with Gasteiger partial charge in [0.05, 0.1) is 6.10 Å². The molecule has 2 atom stereocenters. The van der Waals surface area contributed by atoms with Crippen LogP contribution in [0.4, 0.5) is 0 Å². The molecule has 0 radical (unpaired) electrons. The van der Waals surface area contributed by atoms with Gasteiger partial charge in [-0.2, -0.15) is 0 Å². The molecule has 1 N–H and O–H groups in total. The predicted octanol–water partition coefficient (Wildman–Crippen LogP) is 1.19. The van der Waals surface area contributed by atoms with Gasteiger partial charge in [-0.3, -0.25) is 4.79 Å². The molecule has 5 nitrogen and oxygen atoms in total. The summed E-state index contributed by atoms with van der Waals surface area (Å²) in [5.41, 5.74) is 0.920. The summed E-state index contributed by atoms with van der Waals surface area (Å²) >= 11 is 5.80. The van der Waals surface area contributed by atoms with Gasteiger partial charge in [-0.15, -0.1) is 0 Å². The Morgan fingerprint density at radius 2 is 2.11 bits per heavy atom. The lowest BCUT2D eigenvalue weighted by atomic mass is 9.99. The molecule has 6 heteroatoms. The molecule has 19 heavy (non-hydrogen) atoms. The summed E-state index contributed by atoms with van der Waals surface area (Å²) in [4.78, 5) is 24.0. The van der Waals surface area contributed by atoms with Gasteiger partial charge in [0, 0.05) is 18.5 Å². The number of benzene rings is 1. The van der Waals surface area contributed by atoms with Gasteiger partial charge in [-0.05, 0) is 17.7 Å². The van der Waals surface area contributed by atoms with Crippen molar-refractivity contribution in [1.29, 1.82) is 0 Å². The van der Waals surface area contributed by atoms with Crippen LogP contribution in [0.5, 0.6) is 0 Å². The molecule has 2 rings (SSSR count). The molecule has 0 spiro atoms. The highest BCUT2D eigenvalue weighted by Gasteiger charge is 2.39. The Balaban J connectivity index is 2.15. The van der Waals surface area contributed by atoms with E-state index >= 15 is 0 Å². The zero-order valence-electron chi connectivity index (χ0n) is 10.4. The number of amides is 1. The number of hydrogen-bond donors (Lipinski definition) is 1. The first-order valence-corrected chi connectivity index (χ1v) is 6.21. The molecule has 1 saturated heterocycles. The van der Waals surface area contributed by atoms with Crippen LogP contribution in [0, 0.1) is 0 Å². The summed E-state index contributed by atoms with van der Waals surface area (Å²) in [6, 6.07) is 6.16. The van der Waals surface area contributed by atoms with Gasteiger partial charge in [0.2, 0.25) is 5.91 Å². The van der Waals surface area contributed by atoms with Crippen LogP contribution in [0.3, 0.4) is 0 Å². The average molecular weight is 284 g/mol. The van der Waals surface area contributed by atoms with E-state index in [1.165, 1.54) is 11.9 Å². The van der Waals surface area contributed by atoms with Crippen LogP contribution >= 0.6 is 11.6 Å². The zero-order valence-corrected chi connectivity index (χ0v) is 11.1. The first-order valence-electron chi connectivity index (χ1n) is 5.83. The van der Waals surface area contributed by atoms with Gasteiger partial charge in [-0.25, -0.2) is 4.79 Å². The van der Waals surface area contributed by atoms with Crippen LogP contribution < -0.4 is 0 Å². The predicted molar refractivity (Wildman–Crippen MR) is 69.1 cm³/mol. The lowest BCUT2D eigenvalue weighted by molar-refractivity contribution is -0.169. The molecule has 1 amide bonds. The quantitative estimate of drug-likeness (QED) is 0.905. The van der Waals surface area contributed by atoms with Crippen molar-refractivity contribution < 1.29 is 19.4 Å². The van der Waals surface area contributed by atoms with Crippen molar-refractivity contribution >= 4 is 23.5 Å². The maximum atomic E-state index is 11.5. The smallest absolute Gasteiger partial charge is 0.329 e. The van der Waals surface area contributed by atoms with E-state index in [0.29, 0.717) is 11.4 Å². The standard InChI is InChI=1S/C13H14ClNO4/c1-15-11(16)7-19-10(12(15)13(17)18)6-8-2-4-9(14)5-3-8/h2-5,10,12H,6-7H2,1H3,(H,17,18). The van der Waals surface area contributed by atoms with Crippen LogP contribution in [-0.4, -0.2) is 47.7 Å². The number of rotatable bonds is 3. The van der Waals surface area contributed by atoms with E-state index in [9.17, 15) is 14.7 Å². The summed E-state index contributed by atoms with van der Waals surface area (Å²) < 4.78 is 5.36. The minimum Gasteiger partial charge on any atom is -0.480 e. The average Bonchev–Trinajstić information content (AvgIpc) is 2.36. The third-order valence-corrected chi connectivity index (χ3v) is 3.44. The highest BCUT2D eigenvalue weighted by Crippen LogP contribution is 2.19. The molecule has 1 aromatic carbocycles. The van der Waals surface area contributed by atoms with Gasteiger partial charge in [0.15, 0.2) is 6.04 Å². The number of carbonyl (C=O) groups excluding carboxylic acids is 1. The molecule has 0 saturated carbocycles. The number of hydrogen-bond acceptors (Lipinski definition) is 3. The minimum atomic E-state index is -1.06.